The third kappa shape index (κ3) is 4.40. The van der Waals surface area contributed by atoms with Crippen LogP contribution in [0.5, 0.6) is 0 Å². The van der Waals surface area contributed by atoms with Crippen molar-refractivity contribution in [1.82, 2.24) is 4.57 Å². The first kappa shape index (κ1) is 19.2. The zero-order valence-corrected chi connectivity index (χ0v) is 16.4. The Morgan fingerprint density at radius 3 is 2.33 bits per heavy atom. The van der Waals surface area contributed by atoms with Crippen LogP contribution < -0.4 is 4.31 Å². The topological polar surface area (TPSA) is 51.5 Å². The third-order valence-electron chi connectivity index (χ3n) is 4.55. The molecule has 0 aliphatic heterocycles. The highest BCUT2D eigenvalue weighted by Crippen LogP contribution is 2.23. The second kappa shape index (κ2) is 8.41. The lowest BCUT2D eigenvalue weighted by molar-refractivity contribution is 0.186. The molecule has 2 aromatic carbocycles. The van der Waals surface area contributed by atoms with Gasteiger partial charge in [-0.1, -0.05) is 30.3 Å². The average Bonchev–Trinajstić information content (AvgIpc) is 3.14. The van der Waals surface area contributed by atoms with Crippen LogP contribution in [-0.2, 0) is 27.7 Å². The van der Waals surface area contributed by atoms with Crippen LogP contribution in [0, 0.1) is 0 Å². The average molecular weight is 385 g/mol. The van der Waals surface area contributed by atoms with E-state index in [0.717, 1.165) is 18.5 Å². The molecule has 142 valence electrons. The Hall–Kier alpha value is -2.57. The van der Waals surface area contributed by atoms with Crippen LogP contribution >= 0.6 is 0 Å². The maximum Gasteiger partial charge on any atom is 0.264 e. The Morgan fingerprint density at radius 1 is 0.963 bits per heavy atom. The first-order chi connectivity index (χ1) is 13.0. The van der Waals surface area contributed by atoms with Gasteiger partial charge in [-0.05, 0) is 42.0 Å². The predicted molar refractivity (Wildman–Crippen MR) is 108 cm³/mol. The van der Waals surface area contributed by atoms with Crippen molar-refractivity contribution in [2.24, 2.45) is 0 Å². The van der Waals surface area contributed by atoms with Crippen molar-refractivity contribution in [3.8, 4) is 0 Å². The second-order valence-corrected chi connectivity index (χ2v) is 8.28. The number of benzene rings is 2. The molecule has 1 heterocycles. The summed E-state index contributed by atoms with van der Waals surface area (Å²) in [6, 6.07) is 20.2. The zero-order valence-electron chi connectivity index (χ0n) is 15.6. The number of sulfonamides is 1. The highest BCUT2D eigenvalue weighted by Gasteiger charge is 2.20. The number of aromatic nitrogens is 1. The number of ether oxygens (including phenoxy) is 1. The second-order valence-electron chi connectivity index (χ2n) is 6.31. The molecule has 0 aliphatic rings. The molecule has 1 aromatic heterocycles. The molecule has 0 spiro atoms. The Kier molecular flexibility index (Phi) is 5.98. The fraction of sp³-hybridized carbons (Fsp3) is 0.238. The molecule has 0 aliphatic carbocycles. The van der Waals surface area contributed by atoms with Gasteiger partial charge in [0.2, 0.25) is 0 Å². The van der Waals surface area contributed by atoms with Crippen LogP contribution in [0.25, 0.3) is 0 Å². The Morgan fingerprint density at radius 2 is 1.67 bits per heavy atom. The van der Waals surface area contributed by atoms with E-state index in [2.05, 4.69) is 10.6 Å². The highest BCUT2D eigenvalue weighted by atomic mass is 32.2. The van der Waals surface area contributed by atoms with Gasteiger partial charge in [-0.3, -0.25) is 4.31 Å². The van der Waals surface area contributed by atoms with E-state index in [-0.39, 0.29) is 4.90 Å². The molecule has 3 rings (SSSR count). The number of methoxy groups -OCH3 is 1. The summed E-state index contributed by atoms with van der Waals surface area (Å²) in [4.78, 5) is 0.285. The maximum atomic E-state index is 12.7. The van der Waals surface area contributed by atoms with Crippen LogP contribution in [0.4, 0.5) is 5.69 Å². The van der Waals surface area contributed by atoms with Gasteiger partial charge in [0.1, 0.15) is 0 Å². The lowest BCUT2D eigenvalue weighted by atomic mass is 10.1. The van der Waals surface area contributed by atoms with Gasteiger partial charge >= 0.3 is 0 Å². The minimum Gasteiger partial charge on any atom is -0.383 e. The maximum absolute atomic E-state index is 12.7. The molecule has 27 heavy (non-hydrogen) atoms. The number of hydrogen-bond donors (Lipinski definition) is 0. The molecular formula is C21H24N2O3S. The predicted octanol–water partition coefficient (Wildman–Crippen LogP) is 3.55. The van der Waals surface area contributed by atoms with E-state index in [1.165, 1.54) is 10.00 Å². The summed E-state index contributed by atoms with van der Waals surface area (Å²) < 4.78 is 34.1. The van der Waals surface area contributed by atoms with Crippen molar-refractivity contribution in [1.29, 1.82) is 0 Å². The zero-order chi connectivity index (χ0) is 19.3. The smallest absolute Gasteiger partial charge is 0.264 e. The normalized spacial score (nSPS) is 11.5. The first-order valence-electron chi connectivity index (χ1n) is 8.78. The van der Waals surface area contributed by atoms with Gasteiger partial charge in [-0.2, -0.15) is 0 Å². The summed E-state index contributed by atoms with van der Waals surface area (Å²) in [6.07, 6.45) is 2.83. The van der Waals surface area contributed by atoms with Crippen molar-refractivity contribution in [2.75, 3.05) is 25.1 Å². The van der Waals surface area contributed by atoms with E-state index in [1.54, 1.807) is 44.5 Å². The number of rotatable bonds is 8. The largest absolute Gasteiger partial charge is 0.383 e. The van der Waals surface area contributed by atoms with E-state index < -0.39 is 10.0 Å². The van der Waals surface area contributed by atoms with Gasteiger partial charge in [0.25, 0.3) is 10.0 Å². The van der Waals surface area contributed by atoms with Crippen LogP contribution in [0.1, 0.15) is 11.3 Å². The van der Waals surface area contributed by atoms with Crippen LogP contribution in [0.15, 0.2) is 77.8 Å². The summed E-state index contributed by atoms with van der Waals surface area (Å²) in [5, 5.41) is 0. The van der Waals surface area contributed by atoms with Gasteiger partial charge in [-0.25, -0.2) is 8.42 Å². The molecule has 0 amide bonds. The van der Waals surface area contributed by atoms with Gasteiger partial charge < -0.3 is 9.30 Å². The molecule has 0 radical (unpaired) electrons. The summed E-state index contributed by atoms with van der Waals surface area (Å²) in [5.74, 6) is 0. The van der Waals surface area contributed by atoms with E-state index in [0.29, 0.717) is 12.3 Å². The van der Waals surface area contributed by atoms with Gasteiger partial charge in [0.05, 0.1) is 17.2 Å². The highest BCUT2D eigenvalue weighted by molar-refractivity contribution is 7.92. The molecule has 0 unspecified atom stereocenters. The van der Waals surface area contributed by atoms with Gasteiger partial charge in [0, 0.05) is 39.0 Å². The van der Waals surface area contributed by atoms with Crippen molar-refractivity contribution < 1.29 is 13.2 Å². The Labute approximate surface area is 160 Å². The van der Waals surface area contributed by atoms with Crippen LogP contribution in [0.2, 0.25) is 0 Å². The van der Waals surface area contributed by atoms with E-state index in [9.17, 15) is 8.42 Å². The van der Waals surface area contributed by atoms with Crippen LogP contribution in [0.3, 0.4) is 0 Å². The van der Waals surface area contributed by atoms with Crippen LogP contribution in [-0.4, -0.2) is 33.7 Å². The fourth-order valence-corrected chi connectivity index (χ4v) is 4.16. The Balaban J connectivity index is 1.75. The minimum atomic E-state index is -3.56. The summed E-state index contributed by atoms with van der Waals surface area (Å²) in [7, 11) is -0.284. The van der Waals surface area contributed by atoms with Gasteiger partial charge in [-0.15, -0.1) is 0 Å². The third-order valence-corrected chi connectivity index (χ3v) is 6.35. The number of hydrogen-bond acceptors (Lipinski definition) is 3. The van der Waals surface area contributed by atoms with Gasteiger partial charge in [0.15, 0.2) is 0 Å². The molecule has 0 saturated heterocycles. The molecule has 5 nitrogen and oxygen atoms in total. The summed E-state index contributed by atoms with van der Waals surface area (Å²) in [5.41, 5.74) is 2.96. The lowest BCUT2D eigenvalue weighted by Crippen LogP contribution is -2.26. The summed E-state index contributed by atoms with van der Waals surface area (Å²) >= 11 is 0. The quantitative estimate of drug-likeness (QED) is 0.597. The van der Waals surface area contributed by atoms with E-state index >= 15 is 0 Å². The molecule has 3 aromatic rings. The molecule has 0 saturated carbocycles. The van der Waals surface area contributed by atoms with Crippen molar-refractivity contribution in [3.63, 3.8) is 0 Å². The molecule has 0 bridgehead atoms. The Bertz CT molecular complexity index is 964. The number of nitrogens with zero attached hydrogens (tertiary/aromatic N) is 2. The van der Waals surface area contributed by atoms with E-state index in [1.807, 2.05) is 36.5 Å². The molecule has 6 heteroatoms. The molecule has 0 atom stereocenters. The number of anilines is 1. The van der Waals surface area contributed by atoms with Crippen molar-refractivity contribution in [3.05, 3.63) is 84.2 Å². The summed E-state index contributed by atoms with van der Waals surface area (Å²) in [6.45, 7) is 1.48. The van der Waals surface area contributed by atoms with E-state index in [4.69, 9.17) is 4.74 Å². The van der Waals surface area contributed by atoms with Crippen molar-refractivity contribution in [2.45, 2.75) is 17.9 Å². The fourth-order valence-electron chi connectivity index (χ4n) is 2.94. The van der Waals surface area contributed by atoms with Crippen molar-refractivity contribution >= 4 is 15.7 Å². The molecule has 0 N–H and O–H groups in total. The lowest BCUT2D eigenvalue weighted by Gasteiger charge is -2.20. The minimum absolute atomic E-state index is 0.285. The molecular weight excluding hydrogens is 360 g/mol. The first-order valence-corrected chi connectivity index (χ1v) is 10.2. The SMILES string of the molecule is COCCn1cccc1Cc1ccc(N(C)S(=O)(=O)c2ccccc2)cc1. The standard InChI is InChI=1S/C21H24N2O3S/c1-22(27(24,25)21-8-4-3-5-9-21)19-12-10-18(11-13-19)17-20-7-6-14-23(20)15-16-26-2/h3-14H,15-17H2,1-2H3. The molecule has 0 fully saturated rings. The monoisotopic (exact) mass is 384 g/mol.